The molecule has 1 aliphatic heterocycles. The maximum absolute atomic E-state index is 10.5. The Hall–Kier alpha value is -1.06. The molecule has 1 aromatic carbocycles. The normalized spacial score (nSPS) is 20.5. The second kappa shape index (κ2) is 3.77. The summed E-state index contributed by atoms with van der Waals surface area (Å²) in [6.45, 7) is 0. The van der Waals surface area contributed by atoms with Gasteiger partial charge < -0.3 is 4.79 Å². The molecule has 1 aromatic rings. The lowest BCUT2D eigenvalue weighted by Crippen LogP contribution is -2.20. The molecule has 1 N–H and O–H groups in total. The van der Waals surface area contributed by atoms with E-state index in [9.17, 15) is 4.79 Å². The van der Waals surface area contributed by atoms with Gasteiger partial charge in [0.15, 0.2) is 0 Å². The first kappa shape index (κ1) is 8.53. The fourth-order valence-electron chi connectivity index (χ4n) is 1.16. The van der Waals surface area contributed by atoms with Crippen LogP contribution in [0.3, 0.4) is 0 Å². The van der Waals surface area contributed by atoms with Crippen LogP contribution < -0.4 is 4.72 Å². The minimum absolute atomic E-state index is 0.183. The minimum Gasteiger partial charge on any atom is -0.301 e. The Morgan fingerprint density at radius 3 is 3.08 bits per heavy atom. The number of carbonyl (C=O) groups excluding carboxylic acids is 1. The quantitative estimate of drug-likeness (QED) is 0.543. The molecule has 0 radical (unpaired) electrons. The molecule has 13 heavy (non-hydrogen) atoms. The molecule has 0 bridgehead atoms. The third-order valence-electron chi connectivity index (χ3n) is 1.85. The van der Waals surface area contributed by atoms with Crippen molar-refractivity contribution in [3.63, 3.8) is 0 Å². The molecule has 2 rings (SSSR count). The highest BCUT2D eigenvalue weighted by Gasteiger charge is 2.08. The molecule has 0 saturated carbocycles. The van der Waals surface area contributed by atoms with E-state index in [0.717, 1.165) is 16.7 Å². The fourth-order valence-corrected chi connectivity index (χ4v) is 1.96. The van der Waals surface area contributed by atoms with E-state index >= 15 is 0 Å². The lowest BCUT2D eigenvalue weighted by atomic mass is 10.2. The summed E-state index contributed by atoms with van der Waals surface area (Å²) in [5, 5.41) is 0. The second-order valence-electron chi connectivity index (χ2n) is 2.78. The molecule has 1 unspecified atom stereocenters. The molecule has 0 aliphatic carbocycles. The Morgan fingerprint density at radius 1 is 1.38 bits per heavy atom. The molecule has 0 aromatic heterocycles. The maximum Gasteiger partial charge on any atom is 0.141 e. The van der Waals surface area contributed by atoms with Crippen molar-refractivity contribution in [2.24, 2.45) is 0 Å². The van der Waals surface area contributed by atoms with Crippen molar-refractivity contribution in [1.82, 2.24) is 4.72 Å². The summed E-state index contributed by atoms with van der Waals surface area (Å²) in [5.41, 5.74) is 1.16. The van der Waals surface area contributed by atoms with Gasteiger partial charge in [-0.05, 0) is 23.6 Å². The molecule has 0 spiro atoms. The number of nitrogens with one attached hydrogen (secondary N) is 1. The van der Waals surface area contributed by atoms with Crippen LogP contribution in [0.2, 0.25) is 0 Å². The van der Waals surface area contributed by atoms with Gasteiger partial charge in [-0.3, -0.25) is 0 Å². The van der Waals surface area contributed by atoms with E-state index in [4.69, 9.17) is 0 Å². The molecule has 0 fully saturated rings. The molecule has 1 heterocycles. The molecule has 3 heteroatoms. The third kappa shape index (κ3) is 1.82. The lowest BCUT2D eigenvalue weighted by molar-refractivity contribution is -0.108. The average molecular weight is 191 g/mol. The highest BCUT2D eigenvalue weighted by atomic mass is 32.2. The first-order chi connectivity index (χ1) is 6.40. The summed E-state index contributed by atoms with van der Waals surface area (Å²) in [6.07, 6.45) is 4.74. The first-order valence-corrected chi connectivity index (χ1v) is 4.87. The molecular weight excluding hydrogens is 182 g/mol. The number of rotatable bonds is 1. The summed E-state index contributed by atoms with van der Waals surface area (Å²) >= 11 is 1.50. The highest BCUT2D eigenvalue weighted by molar-refractivity contribution is 7.97. The topological polar surface area (TPSA) is 29.1 Å². The largest absolute Gasteiger partial charge is 0.301 e. The van der Waals surface area contributed by atoms with Crippen LogP contribution in [0.25, 0.3) is 6.08 Å². The summed E-state index contributed by atoms with van der Waals surface area (Å²) < 4.78 is 3.05. The van der Waals surface area contributed by atoms with Gasteiger partial charge >= 0.3 is 0 Å². The van der Waals surface area contributed by atoms with Gasteiger partial charge in [-0.1, -0.05) is 30.4 Å². The monoisotopic (exact) mass is 191 g/mol. The van der Waals surface area contributed by atoms with Gasteiger partial charge in [0.25, 0.3) is 0 Å². The van der Waals surface area contributed by atoms with Crippen LogP contribution in [0.4, 0.5) is 0 Å². The highest BCUT2D eigenvalue weighted by Crippen LogP contribution is 2.24. The lowest BCUT2D eigenvalue weighted by Gasteiger charge is -2.04. The van der Waals surface area contributed by atoms with E-state index in [1.807, 2.05) is 36.4 Å². The number of fused-ring (bicyclic) bond motifs is 1. The number of hydrogen-bond acceptors (Lipinski definition) is 3. The van der Waals surface area contributed by atoms with Gasteiger partial charge in [0.1, 0.15) is 6.29 Å². The zero-order valence-electron chi connectivity index (χ0n) is 6.94. The Bertz CT molecular complexity index is 349. The van der Waals surface area contributed by atoms with E-state index < -0.39 is 0 Å². The minimum atomic E-state index is -0.183. The number of carbonyl (C=O) groups is 1. The third-order valence-corrected chi connectivity index (χ3v) is 2.84. The molecular formula is C10H9NOS. The molecule has 0 saturated heterocycles. The first-order valence-electron chi connectivity index (χ1n) is 4.05. The summed E-state index contributed by atoms with van der Waals surface area (Å²) in [6, 6.07) is 7.86. The van der Waals surface area contributed by atoms with Gasteiger partial charge in [-0.25, -0.2) is 4.72 Å². The Balaban J connectivity index is 2.33. The zero-order valence-corrected chi connectivity index (χ0v) is 7.75. The van der Waals surface area contributed by atoms with E-state index in [0.29, 0.717) is 0 Å². The molecule has 2 nitrogen and oxygen atoms in total. The van der Waals surface area contributed by atoms with E-state index in [1.54, 1.807) is 0 Å². The maximum atomic E-state index is 10.5. The van der Waals surface area contributed by atoms with Crippen LogP contribution in [0.5, 0.6) is 0 Å². The van der Waals surface area contributed by atoms with Crippen molar-refractivity contribution >= 4 is 24.3 Å². The smallest absolute Gasteiger partial charge is 0.141 e. The summed E-state index contributed by atoms with van der Waals surface area (Å²) in [7, 11) is 0. The van der Waals surface area contributed by atoms with Crippen molar-refractivity contribution < 1.29 is 4.79 Å². The summed E-state index contributed by atoms with van der Waals surface area (Å²) in [4.78, 5) is 11.7. The molecule has 1 atom stereocenters. The predicted molar refractivity (Wildman–Crippen MR) is 54.3 cm³/mol. The van der Waals surface area contributed by atoms with Gasteiger partial charge in [0.05, 0.1) is 6.04 Å². The number of benzene rings is 1. The van der Waals surface area contributed by atoms with Crippen LogP contribution in [0.1, 0.15) is 5.56 Å². The molecule has 66 valence electrons. The van der Waals surface area contributed by atoms with Crippen molar-refractivity contribution in [2.45, 2.75) is 10.9 Å². The van der Waals surface area contributed by atoms with Gasteiger partial charge in [-0.15, -0.1) is 0 Å². The van der Waals surface area contributed by atoms with Crippen LogP contribution in [0.15, 0.2) is 35.2 Å². The van der Waals surface area contributed by atoms with E-state index in [1.165, 1.54) is 11.9 Å². The standard InChI is InChI=1S/C10H9NOS/c12-7-9-6-5-8-3-1-2-4-10(8)13-11-9/h1-7,9,11H. The van der Waals surface area contributed by atoms with Crippen molar-refractivity contribution in [3.8, 4) is 0 Å². The van der Waals surface area contributed by atoms with Crippen LogP contribution in [0, 0.1) is 0 Å². The Kier molecular flexibility index (Phi) is 2.47. The Labute approximate surface area is 81.2 Å². The van der Waals surface area contributed by atoms with Crippen LogP contribution >= 0.6 is 11.9 Å². The van der Waals surface area contributed by atoms with Gasteiger partial charge in [-0.2, -0.15) is 0 Å². The summed E-state index contributed by atoms with van der Waals surface area (Å²) in [5.74, 6) is 0. The Morgan fingerprint density at radius 2 is 2.23 bits per heavy atom. The zero-order chi connectivity index (χ0) is 9.10. The van der Waals surface area contributed by atoms with Crippen molar-refractivity contribution in [3.05, 3.63) is 35.9 Å². The van der Waals surface area contributed by atoms with Gasteiger partial charge in [0, 0.05) is 4.90 Å². The molecule has 0 amide bonds. The fraction of sp³-hybridized carbons (Fsp3) is 0.100. The SMILES string of the molecule is O=CC1C=Cc2ccccc2SN1. The van der Waals surface area contributed by atoms with Crippen LogP contribution in [-0.4, -0.2) is 12.3 Å². The second-order valence-corrected chi connectivity index (χ2v) is 3.66. The number of hydrogen-bond donors (Lipinski definition) is 1. The van der Waals surface area contributed by atoms with Crippen molar-refractivity contribution in [1.29, 1.82) is 0 Å². The molecule has 1 aliphatic rings. The number of aldehydes is 1. The predicted octanol–water partition coefficient (Wildman–Crippen LogP) is 1.88. The van der Waals surface area contributed by atoms with Crippen molar-refractivity contribution in [2.75, 3.05) is 0 Å². The van der Waals surface area contributed by atoms with E-state index in [2.05, 4.69) is 4.72 Å². The van der Waals surface area contributed by atoms with Gasteiger partial charge in [0.2, 0.25) is 0 Å². The van der Waals surface area contributed by atoms with Crippen LogP contribution in [-0.2, 0) is 4.79 Å². The van der Waals surface area contributed by atoms with E-state index in [-0.39, 0.29) is 6.04 Å². The average Bonchev–Trinajstić information content (AvgIpc) is 2.39.